The third-order valence-electron chi connectivity index (χ3n) is 5.50. The molecular weight excluding hydrogens is 354 g/mol. The molecule has 0 atom stereocenters. The number of carbonyl (C=O) groups is 2. The number of benzene rings is 1. The molecule has 1 fully saturated rings. The van der Waals surface area contributed by atoms with E-state index in [9.17, 15) is 9.59 Å². The van der Waals surface area contributed by atoms with E-state index in [4.69, 9.17) is 9.72 Å². The first kappa shape index (κ1) is 18.7. The maximum atomic E-state index is 13.4. The molecule has 1 aliphatic heterocycles. The summed E-state index contributed by atoms with van der Waals surface area (Å²) in [6.45, 7) is 6.53. The van der Waals surface area contributed by atoms with Crippen molar-refractivity contribution in [3.63, 3.8) is 0 Å². The van der Waals surface area contributed by atoms with Gasteiger partial charge in [-0.1, -0.05) is 32.0 Å². The van der Waals surface area contributed by atoms with Crippen LogP contribution in [-0.4, -0.2) is 59.6 Å². The molecule has 4 rings (SSSR count). The van der Waals surface area contributed by atoms with Gasteiger partial charge in [-0.2, -0.15) is 0 Å². The van der Waals surface area contributed by atoms with Crippen molar-refractivity contribution in [1.29, 1.82) is 0 Å². The van der Waals surface area contributed by atoms with E-state index >= 15 is 0 Å². The summed E-state index contributed by atoms with van der Waals surface area (Å²) in [7, 11) is 0. The van der Waals surface area contributed by atoms with Crippen molar-refractivity contribution in [2.75, 3.05) is 32.8 Å². The molecule has 148 valence electrons. The van der Waals surface area contributed by atoms with E-state index in [2.05, 4.69) is 0 Å². The van der Waals surface area contributed by atoms with Crippen molar-refractivity contribution in [3.05, 3.63) is 41.1 Å². The molecule has 2 aliphatic rings. The lowest BCUT2D eigenvalue weighted by atomic mass is 9.99. The van der Waals surface area contributed by atoms with Crippen LogP contribution < -0.4 is 0 Å². The Bertz CT molecular complexity index is 901. The molecule has 2 amide bonds. The highest BCUT2D eigenvalue weighted by atomic mass is 16.6. The Balaban J connectivity index is 1.52. The Hall–Kier alpha value is -2.63. The van der Waals surface area contributed by atoms with Crippen LogP contribution in [0.25, 0.3) is 10.9 Å². The number of hydrogen-bond donors (Lipinski definition) is 0. The van der Waals surface area contributed by atoms with Gasteiger partial charge in [-0.25, -0.2) is 4.79 Å². The van der Waals surface area contributed by atoms with Crippen molar-refractivity contribution in [1.82, 2.24) is 14.8 Å². The van der Waals surface area contributed by atoms with Crippen molar-refractivity contribution >= 4 is 22.9 Å². The molecule has 1 aliphatic carbocycles. The number of rotatable bonds is 3. The highest BCUT2D eigenvalue weighted by Crippen LogP contribution is 2.31. The molecule has 1 aromatic carbocycles. The predicted octanol–water partition coefficient (Wildman–Crippen LogP) is 3.27. The zero-order valence-electron chi connectivity index (χ0n) is 16.6. The molecule has 0 spiro atoms. The van der Waals surface area contributed by atoms with Gasteiger partial charge in [0.2, 0.25) is 0 Å². The fourth-order valence-corrected chi connectivity index (χ4v) is 4.03. The first-order valence-corrected chi connectivity index (χ1v) is 10.2. The molecule has 2 aromatic rings. The SMILES string of the molecule is CC(C)COC(=O)N1CCN(C(=O)c2c3c(nc4ccccc24)CCC3)CC1. The zero-order valence-corrected chi connectivity index (χ0v) is 16.6. The number of nitrogens with zero attached hydrogens (tertiary/aromatic N) is 3. The number of aromatic nitrogens is 1. The van der Waals surface area contributed by atoms with Crippen LogP contribution in [0.5, 0.6) is 0 Å². The number of piperazine rings is 1. The van der Waals surface area contributed by atoms with E-state index < -0.39 is 0 Å². The fraction of sp³-hybridized carbons (Fsp3) is 0.500. The molecule has 6 nitrogen and oxygen atoms in total. The number of amides is 2. The van der Waals surface area contributed by atoms with Gasteiger partial charge in [0.05, 0.1) is 17.7 Å². The fourth-order valence-electron chi connectivity index (χ4n) is 4.03. The summed E-state index contributed by atoms with van der Waals surface area (Å²) in [5.41, 5.74) is 3.89. The van der Waals surface area contributed by atoms with Crippen LogP contribution >= 0.6 is 0 Å². The molecule has 0 N–H and O–H groups in total. The van der Waals surface area contributed by atoms with Crippen LogP contribution in [0.1, 0.15) is 41.9 Å². The van der Waals surface area contributed by atoms with E-state index in [0.717, 1.165) is 47.0 Å². The van der Waals surface area contributed by atoms with Crippen molar-refractivity contribution in [2.24, 2.45) is 5.92 Å². The second-order valence-corrected chi connectivity index (χ2v) is 8.03. The topological polar surface area (TPSA) is 62.7 Å². The summed E-state index contributed by atoms with van der Waals surface area (Å²) in [5.74, 6) is 0.376. The van der Waals surface area contributed by atoms with Gasteiger partial charge in [0.1, 0.15) is 0 Å². The van der Waals surface area contributed by atoms with Crippen LogP contribution in [0.4, 0.5) is 4.79 Å². The van der Waals surface area contributed by atoms with Crippen LogP contribution in [0.3, 0.4) is 0 Å². The Morgan fingerprint density at radius 3 is 2.54 bits per heavy atom. The number of aryl methyl sites for hydroxylation is 1. The molecule has 1 aromatic heterocycles. The second kappa shape index (κ2) is 7.78. The standard InChI is InChI=1S/C22H27N3O3/c1-15(2)14-28-22(27)25-12-10-24(11-13-25)21(26)20-16-6-3-4-8-18(16)23-19-9-5-7-17(19)20/h3-4,6,8,15H,5,7,9-14H2,1-2H3. The van der Waals surface area contributed by atoms with E-state index in [1.165, 1.54) is 0 Å². The number of para-hydroxylation sites is 1. The number of hydrogen-bond acceptors (Lipinski definition) is 4. The molecule has 1 saturated heterocycles. The van der Waals surface area contributed by atoms with Crippen molar-refractivity contribution in [2.45, 2.75) is 33.1 Å². The van der Waals surface area contributed by atoms with Crippen molar-refractivity contribution < 1.29 is 14.3 Å². The summed E-state index contributed by atoms with van der Waals surface area (Å²) in [5, 5.41) is 0.937. The molecule has 0 radical (unpaired) electrons. The van der Waals surface area contributed by atoms with Gasteiger partial charge in [-0.05, 0) is 36.8 Å². The van der Waals surface area contributed by atoms with Crippen LogP contribution in [0.2, 0.25) is 0 Å². The Kier molecular flexibility index (Phi) is 5.20. The quantitative estimate of drug-likeness (QED) is 0.819. The molecule has 0 unspecified atom stereocenters. The summed E-state index contributed by atoms with van der Waals surface area (Å²) < 4.78 is 5.32. The minimum atomic E-state index is -0.281. The van der Waals surface area contributed by atoms with Crippen molar-refractivity contribution in [3.8, 4) is 0 Å². The summed E-state index contributed by atoms with van der Waals surface area (Å²) >= 11 is 0. The lowest BCUT2D eigenvalue weighted by Gasteiger charge is -2.34. The van der Waals surface area contributed by atoms with E-state index in [1.54, 1.807) is 4.90 Å². The molecule has 2 heterocycles. The zero-order chi connectivity index (χ0) is 19.7. The number of carbonyl (C=O) groups excluding carboxylic acids is 2. The van der Waals surface area contributed by atoms with Crippen LogP contribution in [0.15, 0.2) is 24.3 Å². The van der Waals surface area contributed by atoms with Gasteiger partial charge in [-0.3, -0.25) is 9.78 Å². The third-order valence-corrected chi connectivity index (χ3v) is 5.50. The van der Waals surface area contributed by atoms with Gasteiger partial charge in [0.25, 0.3) is 5.91 Å². The van der Waals surface area contributed by atoms with Gasteiger partial charge in [0.15, 0.2) is 0 Å². The minimum Gasteiger partial charge on any atom is -0.449 e. The second-order valence-electron chi connectivity index (χ2n) is 8.03. The molecule has 28 heavy (non-hydrogen) atoms. The third kappa shape index (κ3) is 3.55. The lowest BCUT2D eigenvalue weighted by molar-refractivity contribution is 0.0536. The highest BCUT2D eigenvalue weighted by molar-refractivity contribution is 6.07. The number of pyridine rings is 1. The molecule has 0 bridgehead atoms. The average molecular weight is 381 g/mol. The molecule has 0 saturated carbocycles. The summed E-state index contributed by atoms with van der Waals surface area (Å²) in [6, 6.07) is 7.90. The largest absolute Gasteiger partial charge is 0.449 e. The first-order valence-electron chi connectivity index (χ1n) is 10.2. The molecule has 6 heteroatoms. The smallest absolute Gasteiger partial charge is 0.409 e. The van der Waals surface area contributed by atoms with E-state index in [0.29, 0.717) is 38.7 Å². The monoisotopic (exact) mass is 381 g/mol. The minimum absolute atomic E-state index is 0.0620. The number of ether oxygens (including phenoxy) is 1. The van der Waals surface area contributed by atoms with Gasteiger partial charge >= 0.3 is 6.09 Å². The lowest BCUT2D eigenvalue weighted by Crippen LogP contribution is -2.51. The Morgan fingerprint density at radius 2 is 1.79 bits per heavy atom. The Morgan fingerprint density at radius 1 is 1.07 bits per heavy atom. The van der Waals surface area contributed by atoms with Gasteiger partial charge in [0, 0.05) is 37.3 Å². The Labute approximate surface area is 165 Å². The maximum Gasteiger partial charge on any atom is 0.409 e. The molecular formula is C22H27N3O3. The summed E-state index contributed by atoms with van der Waals surface area (Å²) in [6.07, 6.45) is 2.62. The van der Waals surface area contributed by atoms with Gasteiger partial charge in [-0.15, -0.1) is 0 Å². The average Bonchev–Trinajstić information content (AvgIpc) is 3.17. The highest BCUT2D eigenvalue weighted by Gasteiger charge is 2.30. The number of fused-ring (bicyclic) bond motifs is 2. The van der Waals surface area contributed by atoms with E-state index in [1.807, 2.05) is 43.0 Å². The predicted molar refractivity (Wildman–Crippen MR) is 107 cm³/mol. The van der Waals surface area contributed by atoms with E-state index in [-0.39, 0.29) is 12.0 Å². The maximum absolute atomic E-state index is 13.4. The normalized spacial score (nSPS) is 16.5. The van der Waals surface area contributed by atoms with Crippen LogP contribution in [-0.2, 0) is 17.6 Å². The summed E-state index contributed by atoms with van der Waals surface area (Å²) in [4.78, 5) is 33.9. The van der Waals surface area contributed by atoms with Gasteiger partial charge < -0.3 is 14.5 Å². The first-order chi connectivity index (χ1) is 13.5. The van der Waals surface area contributed by atoms with Crippen LogP contribution in [0, 0.1) is 5.92 Å².